The molecule has 0 spiro atoms. The molecule has 2 aromatic rings. The Morgan fingerprint density at radius 1 is 1.22 bits per heavy atom. The maximum Gasteiger partial charge on any atom is 0.194 e. The first-order chi connectivity index (χ1) is 15.2. The SMILES string of the molecule is CCc1nncn1CCNC(=NCCCOC)N1CCN(Cc2cccc(C)c2)CC1.I. The van der Waals surface area contributed by atoms with Gasteiger partial charge in [-0.1, -0.05) is 36.8 Å². The van der Waals surface area contributed by atoms with Gasteiger partial charge in [-0.2, -0.15) is 0 Å². The number of guanidine groups is 1. The topological polar surface area (TPSA) is 70.8 Å². The molecule has 2 heterocycles. The molecule has 1 aliphatic rings. The van der Waals surface area contributed by atoms with E-state index in [1.807, 2.05) is 0 Å². The number of aliphatic imine (C=N–C) groups is 1. The average Bonchev–Trinajstić information content (AvgIpc) is 3.24. The predicted octanol–water partition coefficient (Wildman–Crippen LogP) is 2.57. The van der Waals surface area contributed by atoms with Gasteiger partial charge in [0, 0.05) is 72.5 Å². The molecule has 1 aliphatic heterocycles. The van der Waals surface area contributed by atoms with Crippen LogP contribution in [0, 0.1) is 6.92 Å². The molecule has 32 heavy (non-hydrogen) atoms. The van der Waals surface area contributed by atoms with E-state index in [-0.39, 0.29) is 24.0 Å². The summed E-state index contributed by atoms with van der Waals surface area (Å²) in [5.74, 6) is 2.02. The molecular formula is C23H38IN7O. The van der Waals surface area contributed by atoms with Crippen LogP contribution in [-0.4, -0.2) is 83.5 Å². The number of hydrogen-bond donors (Lipinski definition) is 1. The van der Waals surface area contributed by atoms with Crippen molar-refractivity contribution >= 4 is 29.9 Å². The molecule has 9 heteroatoms. The Kier molecular flexibility index (Phi) is 12.0. The lowest BCUT2D eigenvalue weighted by molar-refractivity contribution is 0.172. The van der Waals surface area contributed by atoms with Crippen LogP contribution in [0.5, 0.6) is 0 Å². The van der Waals surface area contributed by atoms with Crippen LogP contribution in [0.1, 0.15) is 30.3 Å². The highest BCUT2D eigenvalue weighted by atomic mass is 127. The summed E-state index contributed by atoms with van der Waals surface area (Å²) >= 11 is 0. The summed E-state index contributed by atoms with van der Waals surface area (Å²) in [6.07, 6.45) is 3.63. The monoisotopic (exact) mass is 555 g/mol. The van der Waals surface area contributed by atoms with Crippen molar-refractivity contribution in [3.8, 4) is 0 Å². The smallest absolute Gasteiger partial charge is 0.194 e. The van der Waals surface area contributed by atoms with Crippen molar-refractivity contribution in [3.05, 3.63) is 47.5 Å². The molecule has 1 saturated heterocycles. The normalized spacial score (nSPS) is 15.0. The summed E-state index contributed by atoms with van der Waals surface area (Å²) in [5, 5.41) is 11.8. The highest BCUT2D eigenvalue weighted by Crippen LogP contribution is 2.10. The fourth-order valence-electron chi connectivity index (χ4n) is 3.88. The van der Waals surface area contributed by atoms with E-state index in [1.165, 1.54) is 11.1 Å². The number of ether oxygens (including phenoxy) is 1. The largest absolute Gasteiger partial charge is 0.385 e. The zero-order chi connectivity index (χ0) is 21.9. The second-order valence-corrected chi connectivity index (χ2v) is 8.02. The molecule has 178 valence electrons. The van der Waals surface area contributed by atoms with Crippen molar-refractivity contribution in [3.63, 3.8) is 0 Å². The molecule has 8 nitrogen and oxygen atoms in total. The minimum absolute atomic E-state index is 0. The maximum atomic E-state index is 5.18. The van der Waals surface area contributed by atoms with E-state index in [0.717, 1.165) is 83.6 Å². The van der Waals surface area contributed by atoms with Gasteiger partial charge in [0.15, 0.2) is 5.96 Å². The summed E-state index contributed by atoms with van der Waals surface area (Å²) in [6.45, 7) is 12.5. The fourth-order valence-corrected chi connectivity index (χ4v) is 3.88. The molecule has 0 amide bonds. The van der Waals surface area contributed by atoms with Gasteiger partial charge in [-0.3, -0.25) is 9.89 Å². The number of aromatic nitrogens is 3. The molecule has 1 fully saturated rings. The molecule has 0 saturated carbocycles. The predicted molar refractivity (Wildman–Crippen MR) is 140 cm³/mol. The van der Waals surface area contributed by atoms with Crippen molar-refractivity contribution in [2.75, 3.05) is 53.0 Å². The molecule has 0 atom stereocenters. The molecular weight excluding hydrogens is 517 g/mol. The number of benzene rings is 1. The molecule has 1 N–H and O–H groups in total. The summed E-state index contributed by atoms with van der Waals surface area (Å²) in [7, 11) is 1.74. The van der Waals surface area contributed by atoms with Crippen molar-refractivity contribution in [2.24, 2.45) is 4.99 Å². The highest BCUT2D eigenvalue weighted by Gasteiger charge is 2.20. The molecule has 0 aliphatic carbocycles. The van der Waals surface area contributed by atoms with Gasteiger partial charge in [-0.05, 0) is 18.9 Å². The highest BCUT2D eigenvalue weighted by molar-refractivity contribution is 14.0. The average molecular weight is 556 g/mol. The van der Waals surface area contributed by atoms with Crippen LogP contribution < -0.4 is 5.32 Å². The Morgan fingerprint density at radius 2 is 2.03 bits per heavy atom. The third-order valence-corrected chi connectivity index (χ3v) is 5.58. The number of halogens is 1. The second kappa shape index (κ2) is 14.4. The number of piperazine rings is 1. The van der Waals surface area contributed by atoms with E-state index >= 15 is 0 Å². The van der Waals surface area contributed by atoms with E-state index in [2.05, 4.69) is 68.0 Å². The van der Waals surface area contributed by atoms with Gasteiger partial charge in [-0.25, -0.2) is 0 Å². The van der Waals surface area contributed by atoms with Gasteiger partial charge in [0.1, 0.15) is 12.2 Å². The quantitative estimate of drug-likeness (QED) is 0.211. The van der Waals surface area contributed by atoms with Crippen molar-refractivity contribution in [1.29, 1.82) is 0 Å². The van der Waals surface area contributed by atoms with E-state index in [9.17, 15) is 0 Å². The first kappa shape index (κ1) is 26.5. The lowest BCUT2D eigenvalue weighted by atomic mass is 10.1. The van der Waals surface area contributed by atoms with E-state index < -0.39 is 0 Å². The van der Waals surface area contributed by atoms with Crippen molar-refractivity contribution in [2.45, 2.75) is 39.8 Å². The molecule has 0 bridgehead atoms. The zero-order valence-corrected chi connectivity index (χ0v) is 22.0. The van der Waals surface area contributed by atoms with Gasteiger partial charge in [0.2, 0.25) is 0 Å². The number of rotatable bonds is 10. The number of aryl methyl sites for hydroxylation is 2. The Hall–Kier alpha value is -1.72. The van der Waals surface area contributed by atoms with Gasteiger partial charge in [0.25, 0.3) is 0 Å². The van der Waals surface area contributed by atoms with Gasteiger partial charge >= 0.3 is 0 Å². The Labute approximate surface area is 209 Å². The lowest BCUT2D eigenvalue weighted by Gasteiger charge is -2.36. The van der Waals surface area contributed by atoms with Crippen LogP contribution >= 0.6 is 24.0 Å². The van der Waals surface area contributed by atoms with Gasteiger partial charge < -0.3 is 19.5 Å². The maximum absolute atomic E-state index is 5.18. The molecule has 3 rings (SSSR count). The van der Waals surface area contributed by atoms with Crippen LogP contribution in [-0.2, 0) is 24.2 Å². The molecule has 0 unspecified atom stereocenters. The summed E-state index contributed by atoms with van der Waals surface area (Å²) in [5.41, 5.74) is 2.71. The minimum Gasteiger partial charge on any atom is -0.385 e. The third-order valence-electron chi connectivity index (χ3n) is 5.58. The Morgan fingerprint density at radius 3 is 2.75 bits per heavy atom. The zero-order valence-electron chi connectivity index (χ0n) is 19.7. The van der Waals surface area contributed by atoms with Gasteiger partial charge in [0.05, 0.1) is 0 Å². The first-order valence-corrected chi connectivity index (χ1v) is 11.4. The summed E-state index contributed by atoms with van der Waals surface area (Å²) in [4.78, 5) is 9.77. The second-order valence-electron chi connectivity index (χ2n) is 8.02. The standard InChI is InChI=1S/C23H37N7O.HI/c1-4-22-27-26-19-30(22)11-10-25-23(24-9-6-16-31-3)29-14-12-28(13-15-29)18-21-8-5-7-20(2)17-21;/h5,7-8,17,19H,4,6,9-16,18H2,1-3H3,(H,24,25);1H. The molecule has 0 radical (unpaired) electrons. The van der Waals surface area contributed by atoms with E-state index in [1.54, 1.807) is 13.4 Å². The van der Waals surface area contributed by atoms with Crippen molar-refractivity contribution < 1.29 is 4.74 Å². The third kappa shape index (κ3) is 8.32. The van der Waals surface area contributed by atoms with Gasteiger partial charge in [-0.15, -0.1) is 34.2 Å². The summed E-state index contributed by atoms with van der Waals surface area (Å²) < 4.78 is 7.28. The number of nitrogens with one attached hydrogen (secondary N) is 1. The Bertz CT molecular complexity index is 818. The fraction of sp³-hybridized carbons (Fsp3) is 0.609. The van der Waals surface area contributed by atoms with Crippen LogP contribution in [0.3, 0.4) is 0 Å². The van der Waals surface area contributed by atoms with Crippen LogP contribution in [0.25, 0.3) is 0 Å². The Balaban J connectivity index is 0.00000363. The first-order valence-electron chi connectivity index (χ1n) is 11.4. The van der Waals surface area contributed by atoms with E-state index in [0.29, 0.717) is 0 Å². The van der Waals surface area contributed by atoms with Crippen molar-refractivity contribution in [1.82, 2.24) is 29.9 Å². The van der Waals surface area contributed by atoms with Crippen LogP contribution in [0.15, 0.2) is 35.6 Å². The van der Waals surface area contributed by atoms with Crippen LogP contribution in [0.2, 0.25) is 0 Å². The number of nitrogens with zero attached hydrogens (tertiary/aromatic N) is 6. The minimum atomic E-state index is 0. The number of methoxy groups -OCH3 is 1. The van der Waals surface area contributed by atoms with E-state index in [4.69, 9.17) is 9.73 Å². The van der Waals surface area contributed by atoms with Crippen LogP contribution in [0.4, 0.5) is 0 Å². The molecule has 1 aromatic carbocycles. The summed E-state index contributed by atoms with van der Waals surface area (Å²) in [6, 6.07) is 8.81. The lowest BCUT2D eigenvalue weighted by Crippen LogP contribution is -2.52. The number of hydrogen-bond acceptors (Lipinski definition) is 5. The molecule has 1 aromatic heterocycles.